The molecule has 0 atom stereocenters. The van der Waals surface area contributed by atoms with Crippen LogP contribution in [0.4, 0.5) is 0 Å². The summed E-state index contributed by atoms with van der Waals surface area (Å²) in [5.74, 6) is -0.238. The molecule has 2 aromatic rings. The van der Waals surface area contributed by atoms with Crippen LogP contribution in [0.3, 0.4) is 0 Å². The maximum atomic E-state index is 12.0. The summed E-state index contributed by atoms with van der Waals surface area (Å²) in [6.45, 7) is 1.14. The maximum Gasteiger partial charge on any atom is 0.244 e. The zero-order valence-electron chi connectivity index (χ0n) is 10.9. The molecular formula is C13H17N3O3S. The number of sulfonamides is 1. The molecule has 0 radical (unpaired) electrons. The fourth-order valence-corrected chi connectivity index (χ4v) is 2.98. The Balaban J connectivity index is 1.80. The van der Waals surface area contributed by atoms with Crippen molar-refractivity contribution in [3.8, 4) is 5.75 Å². The molecule has 0 bridgehead atoms. The Morgan fingerprint density at radius 1 is 1.25 bits per heavy atom. The highest BCUT2D eigenvalue weighted by atomic mass is 32.2. The molecule has 1 aromatic carbocycles. The van der Waals surface area contributed by atoms with E-state index in [-0.39, 0.29) is 10.6 Å². The van der Waals surface area contributed by atoms with E-state index >= 15 is 0 Å². The number of hydrogen-bond donors (Lipinski definition) is 2. The van der Waals surface area contributed by atoms with E-state index in [9.17, 15) is 13.5 Å². The van der Waals surface area contributed by atoms with Gasteiger partial charge in [0.05, 0.1) is 6.33 Å². The van der Waals surface area contributed by atoms with Crippen LogP contribution in [0.15, 0.2) is 47.9 Å². The van der Waals surface area contributed by atoms with Crippen molar-refractivity contribution in [2.24, 2.45) is 0 Å². The molecule has 1 aromatic heterocycles. The predicted molar refractivity (Wildman–Crippen MR) is 74.8 cm³/mol. The molecular weight excluding hydrogens is 278 g/mol. The summed E-state index contributed by atoms with van der Waals surface area (Å²) in [6.07, 6.45) is 6.86. The summed E-state index contributed by atoms with van der Waals surface area (Å²) in [5, 5.41) is 9.54. The average molecular weight is 295 g/mol. The molecule has 0 unspecified atom stereocenters. The minimum atomic E-state index is -3.64. The fourth-order valence-electron chi connectivity index (χ4n) is 1.81. The van der Waals surface area contributed by atoms with Crippen LogP contribution >= 0.6 is 0 Å². The first kappa shape index (κ1) is 14.5. The smallest absolute Gasteiger partial charge is 0.244 e. The summed E-state index contributed by atoms with van der Waals surface area (Å²) in [4.78, 5) is 3.85. The number of nitrogens with one attached hydrogen (secondary N) is 1. The number of hydrogen-bond acceptors (Lipinski definition) is 4. The second kappa shape index (κ2) is 6.53. The molecule has 20 heavy (non-hydrogen) atoms. The Bertz CT molecular complexity index is 639. The van der Waals surface area contributed by atoms with Crippen LogP contribution in [0.2, 0.25) is 0 Å². The topological polar surface area (TPSA) is 84.2 Å². The number of benzene rings is 1. The standard InChI is InChI=1S/C13H17N3O3S/c17-12-5-1-2-6-13(12)20(18,19)15-7-3-4-9-16-10-8-14-11-16/h1-2,5-6,8,10-11,15,17H,3-4,7,9H2. The number of unbranched alkanes of at least 4 members (excludes halogenated alkanes) is 1. The van der Waals surface area contributed by atoms with Gasteiger partial charge in [-0.25, -0.2) is 18.1 Å². The molecule has 0 aliphatic carbocycles. The minimum Gasteiger partial charge on any atom is -0.507 e. The molecule has 0 saturated carbocycles. The first-order valence-corrected chi connectivity index (χ1v) is 7.81. The molecule has 6 nitrogen and oxygen atoms in total. The summed E-state index contributed by atoms with van der Waals surface area (Å²) >= 11 is 0. The Morgan fingerprint density at radius 3 is 2.75 bits per heavy atom. The third-order valence-electron chi connectivity index (χ3n) is 2.85. The van der Waals surface area contributed by atoms with Gasteiger partial charge >= 0.3 is 0 Å². The van der Waals surface area contributed by atoms with Crippen LogP contribution < -0.4 is 4.72 Å². The van der Waals surface area contributed by atoms with E-state index in [4.69, 9.17) is 0 Å². The molecule has 7 heteroatoms. The van der Waals surface area contributed by atoms with E-state index in [1.165, 1.54) is 12.1 Å². The van der Waals surface area contributed by atoms with Gasteiger partial charge in [-0.3, -0.25) is 0 Å². The van der Waals surface area contributed by atoms with Gasteiger partial charge in [0.1, 0.15) is 10.6 Å². The summed E-state index contributed by atoms with van der Waals surface area (Å²) in [6, 6.07) is 5.89. The van der Waals surface area contributed by atoms with E-state index in [1.807, 2.05) is 10.8 Å². The highest BCUT2D eigenvalue weighted by molar-refractivity contribution is 7.89. The van der Waals surface area contributed by atoms with Crippen LogP contribution in [0.1, 0.15) is 12.8 Å². The zero-order valence-corrected chi connectivity index (χ0v) is 11.8. The van der Waals surface area contributed by atoms with Crippen molar-refractivity contribution in [1.29, 1.82) is 0 Å². The van der Waals surface area contributed by atoms with Crippen molar-refractivity contribution in [1.82, 2.24) is 14.3 Å². The summed E-state index contributed by atoms with van der Waals surface area (Å²) in [5.41, 5.74) is 0. The molecule has 0 fully saturated rings. The Kier molecular flexibility index (Phi) is 4.75. The number of phenolic OH excluding ortho intramolecular Hbond substituents is 1. The van der Waals surface area contributed by atoms with Gasteiger partial charge in [-0.2, -0.15) is 0 Å². The first-order chi connectivity index (χ1) is 9.59. The molecule has 0 saturated heterocycles. The summed E-state index contributed by atoms with van der Waals surface area (Å²) in [7, 11) is -3.64. The van der Waals surface area contributed by atoms with Gasteiger partial charge in [0.15, 0.2) is 0 Å². The largest absolute Gasteiger partial charge is 0.507 e. The number of aromatic nitrogens is 2. The minimum absolute atomic E-state index is 0.0883. The number of nitrogens with zero attached hydrogens (tertiary/aromatic N) is 2. The lowest BCUT2D eigenvalue weighted by molar-refractivity contribution is 0.457. The molecule has 0 spiro atoms. The molecule has 2 rings (SSSR count). The Labute approximate surface area is 118 Å². The van der Waals surface area contributed by atoms with Crippen molar-refractivity contribution in [2.75, 3.05) is 6.54 Å². The number of rotatable bonds is 7. The van der Waals surface area contributed by atoms with Crippen molar-refractivity contribution in [3.63, 3.8) is 0 Å². The van der Waals surface area contributed by atoms with Gasteiger partial charge in [-0.1, -0.05) is 12.1 Å². The van der Waals surface area contributed by atoms with E-state index in [1.54, 1.807) is 24.7 Å². The van der Waals surface area contributed by atoms with Crippen molar-refractivity contribution in [3.05, 3.63) is 43.0 Å². The van der Waals surface area contributed by atoms with Crippen LogP contribution in [0.25, 0.3) is 0 Å². The fraction of sp³-hybridized carbons (Fsp3) is 0.308. The monoisotopic (exact) mass is 295 g/mol. The Morgan fingerprint density at radius 2 is 2.05 bits per heavy atom. The predicted octanol–water partition coefficient (Wildman–Crippen LogP) is 1.35. The van der Waals surface area contributed by atoms with E-state index in [0.717, 1.165) is 13.0 Å². The molecule has 0 aliphatic rings. The second-order valence-corrected chi connectivity index (χ2v) is 6.11. The SMILES string of the molecule is O=S(=O)(NCCCCn1ccnc1)c1ccccc1O. The van der Waals surface area contributed by atoms with E-state index in [0.29, 0.717) is 13.0 Å². The molecule has 0 amide bonds. The number of phenols is 1. The maximum absolute atomic E-state index is 12.0. The first-order valence-electron chi connectivity index (χ1n) is 6.33. The van der Waals surface area contributed by atoms with Crippen LogP contribution in [0, 0.1) is 0 Å². The quantitative estimate of drug-likeness (QED) is 0.755. The van der Waals surface area contributed by atoms with Crippen molar-refractivity contribution in [2.45, 2.75) is 24.3 Å². The van der Waals surface area contributed by atoms with Crippen LogP contribution in [0.5, 0.6) is 5.75 Å². The number of aryl methyl sites for hydroxylation is 1. The zero-order chi connectivity index (χ0) is 14.4. The van der Waals surface area contributed by atoms with Crippen molar-refractivity contribution < 1.29 is 13.5 Å². The lowest BCUT2D eigenvalue weighted by Crippen LogP contribution is -2.25. The molecule has 2 N–H and O–H groups in total. The van der Waals surface area contributed by atoms with Gasteiger partial charge in [0.25, 0.3) is 0 Å². The number of imidazole rings is 1. The van der Waals surface area contributed by atoms with E-state index < -0.39 is 10.0 Å². The second-order valence-electron chi connectivity index (χ2n) is 4.37. The van der Waals surface area contributed by atoms with Gasteiger partial charge in [-0.05, 0) is 25.0 Å². The highest BCUT2D eigenvalue weighted by Gasteiger charge is 2.16. The van der Waals surface area contributed by atoms with Gasteiger partial charge < -0.3 is 9.67 Å². The third-order valence-corrected chi connectivity index (χ3v) is 4.36. The van der Waals surface area contributed by atoms with Gasteiger partial charge in [0, 0.05) is 25.5 Å². The molecule has 1 heterocycles. The van der Waals surface area contributed by atoms with Crippen LogP contribution in [-0.2, 0) is 16.6 Å². The average Bonchev–Trinajstić information content (AvgIpc) is 2.91. The number of aromatic hydroxyl groups is 1. The number of para-hydroxylation sites is 1. The third kappa shape index (κ3) is 3.82. The normalized spacial score (nSPS) is 11.6. The van der Waals surface area contributed by atoms with Gasteiger partial charge in [0.2, 0.25) is 10.0 Å². The lowest BCUT2D eigenvalue weighted by Gasteiger charge is -2.08. The van der Waals surface area contributed by atoms with E-state index in [2.05, 4.69) is 9.71 Å². The lowest BCUT2D eigenvalue weighted by atomic mass is 10.3. The van der Waals surface area contributed by atoms with Crippen molar-refractivity contribution >= 4 is 10.0 Å². The molecule has 0 aliphatic heterocycles. The van der Waals surface area contributed by atoms with Crippen LogP contribution in [-0.4, -0.2) is 29.6 Å². The highest BCUT2D eigenvalue weighted by Crippen LogP contribution is 2.20. The molecule has 108 valence electrons. The van der Waals surface area contributed by atoms with Gasteiger partial charge in [-0.15, -0.1) is 0 Å². The Hall–Kier alpha value is -1.86. The summed E-state index contributed by atoms with van der Waals surface area (Å²) < 4.78 is 28.3.